The first-order valence-electron chi connectivity index (χ1n) is 6.96. The first-order chi connectivity index (χ1) is 11.6. The maximum absolute atomic E-state index is 12.0. The summed E-state index contributed by atoms with van der Waals surface area (Å²) in [4.78, 5) is 13.0. The summed E-state index contributed by atoms with van der Waals surface area (Å²) in [6.45, 7) is 0.446. The van der Waals surface area contributed by atoms with Gasteiger partial charge in [-0.15, -0.1) is 11.3 Å². The van der Waals surface area contributed by atoms with Crippen molar-refractivity contribution in [3.63, 3.8) is 0 Å². The fraction of sp³-hybridized carbons (Fsp3) is 0.0625. The first-order valence-corrected chi connectivity index (χ1v) is 8.59. The second-order valence-electron chi connectivity index (χ2n) is 4.85. The zero-order valence-electron chi connectivity index (χ0n) is 12.3. The number of nitrogens with zero attached hydrogens (tertiary/aromatic N) is 3. The summed E-state index contributed by atoms with van der Waals surface area (Å²) in [6.07, 6.45) is 3.30. The molecule has 0 spiro atoms. The molecule has 8 heteroatoms. The van der Waals surface area contributed by atoms with Gasteiger partial charge in [0.1, 0.15) is 0 Å². The third-order valence-corrected chi connectivity index (χ3v) is 4.52. The summed E-state index contributed by atoms with van der Waals surface area (Å²) >= 11 is 13.6. The molecule has 0 aliphatic heterocycles. The summed E-state index contributed by atoms with van der Waals surface area (Å²) in [5.41, 5.74) is 3.60. The Morgan fingerprint density at radius 1 is 1.33 bits per heavy atom. The molecule has 1 aromatic carbocycles. The third kappa shape index (κ3) is 4.23. The van der Waals surface area contributed by atoms with E-state index in [0.717, 1.165) is 10.4 Å². The molecule has 0 saturated heterocycles. The molecule has 0 bridgehead atoms. The van der Waals surface area contributed by atoms with E-state index >= 15 is 0 Å². The number of carbonyl (C=O) groups excluding carboxylic acids is 1. The van der Waals surface area contributed by atoms with E-state index < -0.39 is 0 Å². The van der Waals surface area contributed by atoms with Gasteiger partial charge in [0, 0.05) is 21.1 Å². The Morgan fingerprint density at radius 2 is 2.21 bits per heavy atom. The van der Waals surface area contributed by atoms with Crippen LogP contribution in [0.15, 0.2) is 53.1 Å². The van der Waals surface area contributed by atoms with Crippen molar-refractivity contribution in [1.29, 1.82) is 0 Å². The highest BCUT2D eigenvalue weighted by atomic mass is 35.5. The van der Waals surface area contributed by atoms with E-state index in [1.807, 2.05) is 23.6 Å². The fourth-order valence-electron chi connectivity index (χ4n) is 1.97. The fourth-order valence-corrected chi connectivity index (χ4v) is 3.03. The molecular formula is C16H12Cl2N4OS. The molecular weight excluding hydrogens is 367 g/mol. The standard InChI is InChI=1S/C16H12Cl2N4OS/c17-12-4-3-11(14(18)8-12)10-22-6-5-15(21-22)16(23)20-19-9-13-2-1-7-24-13/h1-9H,10H2,(H,20,23)/b19-9+. The van der Waals surface area contributed by atoms with Crippen molar-refractivity contribution in [2.45, 2.75) is 6.54 Å². The summed E-state index contributed by atoms with van der Waals surface area (Å²) in [5, 5.41) is 11.2. The lowest BCUT2D eigenvalue weighted by atomic mass is 10.2. The minimum absolute atomic E-state index is 0.281. The van der Waals surface area contributed by atoms with Gasteiger partial charge in [0.05, 0.1) is 12.8 Å². The Labute approximate surface area is 152 Å². The quantitative estimate of drug-likeness (QED) is 0.537. The number of hydrogen-bond donors (Lipinski definition) is 1. The number of carbonyl (C=O) groups is 1. The van der Waals surface area contributed by atoms with Crippen molar-refractivity contribution in [1.82, 2.24) is 15.2 Å². The van der Waals surface area contributed by atoms with Gasteiger partial charge < -0.3 is 0 Å². The largest absolute Gasteiger partial charge is 0.291 e. The van der Waals surface area contributed by atoms with Crippen LogP contribution in [-0.2, 0) is 6.54 Å². The molecule has 3 rings (SSSR count). The van der Waals surface area contributed by atoms with Gasteiger partial charge in [-0.1, -0.05) is 35.3 Å². The lowest BCUT2D eigenvalue weighted by Crippen LogP contribution is -2.18. The molecule has 3 aromatic rings. The summed E-state index contributed by atoms with van der Waals surface area (Å²) in [6, 6.07) is 10.7. The summed E-state index contributed by atoms with van der Waals surface area (Å²) < 4.78 is 1.63. The van der Waals surface area contributed by atoms with Crippen LogP contribution in [0.3, 0.4) is 0 Å². The molecule has 2 aromatic heterocycles. The average Bonchev–Trinajstić information content (AvgIpc) is 3.22. The second kappa shape index (κ2) is 7.61. The third-order valence-electron chi connectivity index (χ3n) is 3.12. The molecule has 0 radical (unpaired) electrons. The average molecular weight is 379 g/mol. The minimum atomic E-state index is -0.372. The van der Waals surface area contributed by atoms with Crippen LogP contribution in [0.1, 0.15) is 20.9 Å². The monoisotopic (exact) mass is 378 g/mol. The van der Waals surface area contributed by atoms with Crippen LogP contribution in [-0.4, -0.2) is 21.9 Å². The second-order valence-corrected chi connectivity index (χ2v) is 6.67. The van der Waals surface area contributed by atoms with E-state index in [4.69, 9.17) is 23.2 Å². The number of aromatic nitrogens is 2. The zero-order valence-corrected chi connectivity index (χ0v) is 14.6. The smallest absolute Gasteiger partial charge is 0.267 e. The van der Waals surface area contributed by atoms with Crippen LogP contribution in [0.4, 0.5) is 0 Å². The molecule has 24 heavy (non-hydrogen) atoms. The van der Waals surface area contributed by atoms with Gasteiger partial charge >= 0.3 is 0 Å². The van der Waals surface area contributed by atoms with Crippen LogP contribution in [0.2, 0.25) is 10.0 Å². The molecule has 0 aliphatic carbocycles. The summed E-state index contributed by atoms with van der Waals surface area (Å²) in [5.74, 6) is -0.372. The van der Waals surface area contributed by atoms with Crippen molar-refractivity contribution >= 4 is 46.7 Å². The van der Waals surface area contributed by atoms with Gasteiger partial charge in [0.15, 0.2) is 5.69 Å². The lowest BCUT2D eigenvalue weighted by molar-refractivity contribution is 0.0949. The maximum atomic E-state index is 12.0. The van der Waals surface area contributed by atoms with Gasteiger partial charge in [0.25, 0.3) is 5.91 Å². The predicted molar refractivity (Wildman–Crippen MR) is 97.2 cm³/mol. The van der Waals surface area contributed by atoms with Crippen molar-refractivity contribution in [2.24, 2.45) is 5.10 Å². The number of thiophene rings is 1. The van der Waals surface area contributed by atoms with E-state index in [1.165, 1.54) is 11.3 Å². The normalized spacial score (nSPS) is 11.1. The van der Waals surface area contributed by atoms with Gasteiger partial charge in [-0.2, -0.15) is 10.2 Å². The molecule has 0 aliphatic rings. The Bertz CT molecular complexity index is 874. The number of nitrogens with one attached hydrogen (secondary N) is 1. The lowest BCUT2D eigenvalue weighted by Gasteiger charge is -2.05. The van der Waals surface area contributed by atoms with Crippen molar-refractivity contribution in [2.75, 3.05) is 0 Å². The molecule has 122 valence electrons. The van der Waals surface area contributed by atoms with E-state index in [9.17, 15) is 4.79 Å². The van der Waals surface area contributed by atoms with Gasteiger partial charge in [-0.3, -0.25) is 9.48 Å². The Morgan fingerprint density at radius 3 is 2.96 bits per heavy atom. The molecule has 1 amide bonds. The molecule has 0 atom stereocenters. The van der Waals surface area contributed by atoms with Crippen LogP contribution < -0.4 is 5.43 Å². The van der Waals surface area contributed by atoms with Crippen molar-refractivity contribution in [3.05, 3.63) is 74.2 Å². The van der Waals surface area contributed by atoms with Gasteiger partial charge in [-0.25, -0.2) is 5.43 Å². The molecule has 2 heterocycles. The van der Waals surface area contributed by atoms with E-state index in [0.29, 0.717) is 16.6 Å². The topological polar surface area (TPSA) is 59.3 Å². The SMILES string of the molecule is O=C(N/N=C/c1cccs1)c1ccn(Cc2ccc(Cl)cc2Cl)n1. The van der Waals surface area contributed by atoms with Crippen molar-refractivity contribution < 1.29 is 4.79 Å². The number of halogens is 2. The highest BCUT2D eigenvalue weighted by molar-refractivity contribution is 7.11. The number of hydrazone groups is 1. The number of hydrogen-bond acceptors (Lipinski definition) is 4. The molecule has 0 saturated carbocycles. The van der Waals surface area contributed by atoms with Crippen LogP contribution in [0.25, 0.3) is 0 Å². The highest BCUT2D eigenvalue weighted by Gasteiger charge is 2.09. The predicted octanol–water partition coefficient (Wildman–Crippen LogP) is 4.06. The number of benzene rings is 1. The Kier molecular flexibility index (Phi) is 5.30. The van der Waals surface area contributed by atoms with Gasteiger partial charge in [-0.05, 0) is 35.2 Å². The Balaban J connectivity index is 1.63. The number of rotatable bonds is 5. The summed E-state index contributed by atoms with van der Waals surface area (Å²) in [7, 11) is 0. The maximum Gasteiger partial charge on any atom is 0.291 e. The Hall–Kier alpha value is -2.15. The van der Waals surface area contributed by atoms with Crippen LogP contribution >= 0.6 is 34.5 Å². The van der Waals surface area contributed by atoms with Gasteiger partial charge in [0.2, 0.25) is 0 Å². The van der Waals surface area contributed by atoms with E-state index in [-0.39, 0.29) is 11.6 Å². The van der Waals surface area contributed by atoms with E-state index in [1.54, 1.807) is 35.3 Å². The molecule has 0 fully saturated rings. The minimum Gasteiger partial charge on any atom is -0.267 e. The molecule has 0 unspecified atom stereocenters. The highest BCUT2D eigenvalue weighted by Crippen LogP contribution is 2.21. The zero-order chi connectivity index (χ0) is 16.9. The van der Waals surface area contributed by atoms with Crippen LogP contribution in [0, 0.1) is 0 Å². The number of amides is 1. The van der Waals surface area contributed by atoms with Crippen LogP contribution in [0.5, 0.6) is 0 Å². The van der Waals surface area contributed by atoms with Crippen molar-refractivity contribution in [3.8, 4) is 0 Å². The molecule has 1 N–H and O–H groups in total. The first kappa shape index (κ1) is 16.7. The molecule has 5 nitrogen and oxygen atoms in total. The van der Waals surface area contributed by atoms with E-state index in [2.05, 4.69) is 15.6 Å².